The third kappa shape index (κ3) is 2.78. The largest absolute Gasteiger partial charge is 0.273 e. The molecule has 0 fully saturated rings. The second-order valence-electron chi connectivity index (χ2n) is 8.26. The van der Waals surface area contributed by atoms with E-state index >= 15 is 0 Å². The van der Waals surface area contributed by atoms with Crippen LogP contribution in [0.25, 0.3) is 11.1 Å². The van der Waals surface area contributed by atoms with Crippen LogP contribution in [0.5, 0.6) is 0 Å². The van der Waals surface area contributed by atoms with E-state index in [1.807, 2.05) is 24.3 Å². The summed E-state index contributed by atoms with van der Waals surface area (Å²) in [5.41, 5.74) is 8.05. The summed E-state index contributed by atoms with van der Waals surface area (Å²) in [6.07, 6.45) is 0. The van der Waals surface area contributed by atoms with Crippen LogP contribution < -0.4 is 0 Å². The molecule has 33 heavy (non-hydrogen) atoms. The number of nitro groups is 2. The molecule has 0 atom stereocenters. The normalized spacial score (nSPS) is 17.1. The van der Waals surface area contributed by atoms with E-state index in [0.29, 0.717) is 0 Å². The van der Waals surface area contributed by atoms with Crippen LogP contribution in [0, 0.1) is 23.8 Å². The molecule has 7 rings (SSSR count). The van der Waals surface area contributed by atoms with Gasteiger partial charge in [0.25, 0.3) is 11.4 Å². The van der Waals surface area contributed by atoms with Crippen LogP contribution in [0.2, 0.25) is 0 Å². The van der Waals surface area contributed by atoms with Crippen LogP contribution in [0.1, 0.15) is 45.2 Å². The van der Waals surface area contributed by atoms with Crippen molar-refractivity contribution < 1.29 is 9.85 Å². The average Bonchev–Trinajstić information content (AvgIpc) is 2.83. The van der Waals surface area contributed by atoms with Gasteiger partial charge in [0.1, 0.15) is 0 Å². The van der Waals surface area contributed by atoms with Gasteiger partial charge in [-0.3, -0.25) is 20.2 Å². The molecule has 4 aromatic carbocycles. The lowest BCUT2D eigenvalue weighted by Crippen LogP contribution is -2.29. The molecule has 7 heteroatoms. The fourth-order valence-corrected chi connectivity index (χ4v) is 6.29. The molecular formula is C26H15IN2O4. The lowest BCUT2D eigenvalue weighted by molar-refractivity contribution is -0.385. The molecular weight excluding hydrogens is 531 g/mol. The molecule has 0 N–H and O–H groups in total. The molecule has 2 bridgehead atoms. The van der Waals surface area contributed by atoms with E-state index in [1.165, 1.54) is 6.07 Å². The highest BCUT2D eigenvalue weighted by atomic mass is 127. The minimum atomic E-state index is -0.411. The molecule has 0 unspecified atom stereocenters. The zero-order chi connectivity index (χ0) is 22.9. The van der Waals surface area contributed by atoms with Gasteiger partial charge in [-0.2, -0.15) is 0 Å². The van der Waals surface area contributed by atoms with Crippen molar-refractivity contribution in [3.63, 3.8) is 0 Å². The van der Waals surface area contributed by atoms with Crippen molar-refractivity contribution in [1.29, 1.82) is 0 Å². The Morgan fingerprint density at radius 3 is 1.64 bits per heavy atom. The van der Waals surface area contributed by atoms with Gasteiger partial charge < -0.3 is 0 Å². The van der Waals surface area contributed by atoms with Gasteiger partial charge in [-0.25, -0.2) is 0 Å². The number of nitro benzene ring substituents is 2. The first kappa shape index (κ1) is 20.0. The van der Waals surface area contributed by atoms with E-state index in [-0.39, 0.29) is 28.1 Å². The number of hydrogen-bond donors (Lipinski definition) is 0. The molecule has 0 amide bonds. The summed E-state index contributed by atoms with van der Waals surface area (Å²) in [7, 11) is 0. The molecule has 160 valence electrons. The van der Waals surface area contributed by atoms with Crippen molar-refractivity contribution >= 4 is 34.0 Å². The Morgan fingerprint density at radius 1 is 0.636 bits per heavy atom. The van der Waals surface area contributed by atoms with E-state index < -0.39 is 4.92 Å². The van der Waals surface area contributed by atoms with Crippen LogP contribution in [0.3, 0.4) is 0 Å². The van der Waals surface area contributed by atoms with Crippen LogP contribution >= 0.6 is 22.6 Å². The number of hydrogen-bond acceptors (Lipinski definition) is 4. The van der Waals surface area contributed by atoms with Crippen molar-refractivity contribution in [1.82, 2.24) is 0 Å². The zero-order valence-corrected chi connectivity index (χ0v) is 19.2. The SMILES string of the molecule is O=[N+]([O-])c1ccc(-c2ccc([N+](=O)[O-])c3c2C2c4ccccc4C3c3ccccc32)c(I)c1. The van der Waals surface area contributed by atoms with E-state index in [4.69, 9.17) is 0 Å². The van der Waals surface area contributed by atoms with Crippen molar-refractivity contribution in [2.45, 2.75) is 11.8 Å². The summed E-state index contributed by atoms with van der Waals surface area (Å²) in [6, 6.07) is 24.5. The van der Waals surface area contributed by atoms with Crippen molar-refractivity contribution in [3.8, 4) is 11.1 Å². The summed E-state index contributed by atoms with van der Waals surface area (Å²) < 4.78 is 0.737. The standard InChI is InChI=1S/C26H15IN2O4/c27-21-13-14(28(30)31)9-10-15(21)20-11-12-22(29(32)33)26-24-18-7-3-1-5-16(18)23(25(20)26)17-6-2-4-8-19(17)24/h1-13,23-24H. The first-order valence-corrected chi connectivity index (χ1v) is 11.5. The topological polar surface area (TPSA) is 86.3 Å². The van der Waals surface area contributed by atoms with Crippen LogP contribution in [-0.2, 0) is 0 Å². The minimum absolute atomic E-state index is 0.0242. The summed E-state index contributed by atoms with van der Waals surface area (Å²) >= 11 is 2.11. The van der Waals surface area contributed by atoms with E-state index in [0.717, 1.165) is 48.1 Å². The maximum absolute atomic E-state index is 12.1. The predicted molar refractivity (Wildman–Crippen MR) is 133 cm³/mol. The van der Waals surface area contributed by atoms with Crippen LogP contribution in [0.4, 0.5) is 11.4 Å². The summed E-state index contributed by atoms with van der Waals surface area (Å²) in [6.45, 7) is 0. The summed E-state index contributed by atoms with van der Waals surface area (Å²) in [4.78, 5) is 22.7. The number of benzene rings is 4. The molecule has 0 heterocycles. The number of nitrogens with zero attached hydrogens (tertiary/aromatic N) is 2. The number of rotatable bonds is 3. The average molecular weight is 546 g/mol. The summed E-state index contributed by atoms with van der Waals surface area (Å²) in [5, 5.41) is 23.4. The van der Waals surface area contributed by atoms with Crippen molar-refractivity contribution in [2.24, 2.45) is 0 Å². The molecule has 0 aliphatic heterocycles. The highest BCUT2D eigenvalue weighted by molar-refractivity contribution is 14.1. The van der Waals surface area contributed by atoms with Gasteiger partial charge in [0.05, 0.1) is 9.85 Å². The first-order chi connectivity index (χ1) is 16.0. The van der Waals surface area contributed by atoms with Gasteiger partial charge in [-0.15, -0.1) is 0 Å². The summed E-state index contributed by atoms with van der Waals surface area (Å²) in [5.74, 6) is -0.369. The van der Waals surface area contributed by atoms with Crippen LogP contribution in [-0.4, -0.2) is 9.85 Å². The molecule has 6 nitrogen and oxygen atoms in total. The Bertz CT molecular complexity index is 1470. The molecule has 0 saturated carbocycles. The Balaban J connectivity index is 1.71. The fourth-order valence-electron chi connectivity index (χ4n) is 5.50. The minimum Gasteiger partial charge on any atom is -0.258 e. The first-order valence-electron chi connectivity index (χ1n) is 10.4. The Kier molecular flexibility index (Phi) is 4.38. The Hall–Kier alpha value is -3.59. The molecule has 3 aliphatic carbocycles. The third-order valence-corrected chi connectivity index (χ3v) is 7.62. The molecule has 3 aliphatic rings. The second-order valence-corrected chi connectivity index (χ2v) is 9.42. The molecule has 0 saturated heterocycles. The molecule has 0 radical (unpaired) electrons. The van der Waals surface area contributed by atoms with E-state index in [9.17, 15) is 20.2 Å². The van der Waals surface area contributed by atoms with Gasteiger partial charge >= 0.3 is 0 Å². The highest BCUT2D eigenvalue weighted by Crippen LogP contribution is 2.59. The smallest absolute Gasteiger partial charge is 0.258 e. The van der Waals surface area contributed by atoms with Gasteiger partial charge in [0, 0.05) is 39.2 Å². The van der Waals surface area contributed by atoms with Gasteiger partial charge in [-0.1, -0.05) is 48.5 Å². The lowest BCUT2D eigenvalue weighted by Gasteiger charge is -2.42. The lowest BCUT2D eigenvalue weighted by atomic mass is 9.59. The number of non-ortho nitro benzene ring substituents is 1. The Labute approximate surface area is 202 Å². The molecule has 0 aromatic heterocycles. The second kappa shape index (κ2) is 7.21. The van der Waals surface area contributed by atoms with E-state index in [1.54, 1.807) is 24.3 Å². The maximum Gasteiger partial charge on any atom is 0.273 e. The maximum atomic E-state index is 12.1. The van der Waals surface area contributed by atoms with Gasteiger partial charge in [0.2, 0.25) is 0 Å². The zero-order valence-electron chi connectivity index (χ0n) is 17.1. The Morgan fingerprint density at radius 2 is 1.15 bits per heavy atom. The molecule has 0 spiro atoms. The quantitative estimate of drug-likeness (QED) is 0.139. The van der Waals surface area contributed by atoms with Crippen molar-refractivity contribution in [2.75, 3.05) is 0 Å². The monoisotopic (exact) mass is 546 g/mol. The molecule has 4 aromatic rings. The third-order valence-electron chi connectivity index (χ3n) is 6.73. The predicted octanol–water partition coefficient (Wildman–Crippen LogP) is 6.76. The van der Waals surface area contributed by atoms with E-state index in [2.05, 4.69) is 46.9 Å². The van der Waals surface area contributed by atoms with Crippen molar-refractivity contribution in [3.05, 3.63) is 136 Å². The highest BCUT2D eigenvalue weighted by Gasteiger charge is 2.46. The van der Waals surface area contributed by atoms with Crippen LogP contribution in [0.15, 0.2) is 78.9 Å². The van der Waals surface area contributed by atoms with Gasteiger partial charge in [0.15, 0.2) is 0 Å². The number of halogens is 1. The van der Waals surface area contributed by atoms with Gasteiger partial charge in [-0.05, 0) is 73.7 Å². The fraction of sp³-hybridized carbons (Fsp3) is 0.0769.